The van der Waals surface area contributed by atoms with Gasteiger partial charge in [0.1, 0.15) is 0 Å². The summed E-state index contributed by atoms with van der Waals surface area (Å²) in [7, 11) is 2.13. The Morgan fingerprint density at radius 1 is 1.22 bits per heavy atom. The molecule has 1 aliphatic heterocycles. The molecule has 0 aromatic carbocycles. The molecule has 2 aromatic heterocycles. The van der Waals surface area contributed by atoms with Crippen LogP contribution in [-0.4, -0.2) is 69.2 Å². The zero-order chi connectivity index (χ0) is 12.4. The van der Waals surface area contributed by atoms with Crippen LogP contribution in [0.5, 0.6) is 0 Å². The van der Waals surface area contributed by atoms with Gasteiger partial charge in [-0.1, -0.05) is 0 Å². The molecule has 1 aliphatic rings. The Morgan fingerprint density at radius 2 is 2.06 bits per heavy atom. The van der Waals surface area contributed by atoms with Gasteiger partial charge in [-0.15, -0.1) is 10.2 Å². The lowest BCUT2D eigenvalue weighted by Gasteiger charge is -2.30. The van der Waals surface area contributed by atoms with E-state index in [9.17, 15) is 0 Å². The average molecular weight is 245 g/mol. The van der Waals surface area contributed by atoms with Crippen LogP contribution in [0.2, 0.25) is 0 Å². The largest absolute Gasteiger partial charge is 0.360 e. The molecule has 2 aromatic rings. The van der Waals surface area contributed by atoms with Crippen LogP contribution in [0.15, 0.2) is 23.3 Å². The van der Waals surface area contributed by atoms with Crippen molar-refractivity contribution < 1.29 is 0 Å². The van der Waals surface area contributed by atoms with E-state index in [2.05, 4.69) is 37.1 Å². The van der Waals surface area contributed by atoms with Crippen LogP contribution in [0.25, 0.3) is 5.65 Å². The first-order valence-electron chi connectivity index (χ1n) is 5.96. The van der Waals surface area contributed by atoms with Crippen molar-refractivity contribution in [1.29, 1.82) is 0 Å². The van der Waals surface area contributed by atoms with E-state index in [4.69, 9.17) is 0 Å². The molecule has 1 fully saturated rings. The molecule has 0 atom stereocenters. The van der Waals surface area contributed by atoms with Gasteiger partial charge in [-0.2, -0.15) is 9.61 Å². The van der Waals surface area contributed by atoms with Crippen LogP contribution in [0.1, 0.15) is 0 Å². The van der Waals surface area contributed by atoms with Crippen LogP contribution in [-0.2, 0) is 0 Å². The van der Waals surface area contributed by atoms with E-state index < -0.39 is 0 Å². The minimum Gasteiger partial charge on any atom is -0.360 e. The van der Waals surface area contributed by atoms with Gasteiger partial charge < -0.3 is 9.80 Å². The van der Waals surface area contributed by atoms with Crippen molar-refractivity contribution in [2.75, 3.05) is 33.2 Å². The fourth-order valence-corrected chi connectivity index (χ4v) is 1.88. The van der Waals surface area contributed by atoms with Gasteiger partial charge in [-0.05, 0) is 19.2 Å². The van der Waals surface area contributed by atoms with E-state index in [1.165, 1.54) is 0 Å². The second-order valence-electron chi connectivity index (χ2n) is 4.38. The average Bonchev–Trinajstić information content (AvgIpc) is 2.82. The quantitative estimate of drug-likeness (QED) is 0.552. The molecule has 94 valence electrons. The summed E-state index contributed by atoms with van der Waals surface area (Å²) in [5, 5.41) is 12.2. The molecule has 0 amide bonds. The first-order valence-corrected chi connectivity index (χ1v) is 5.96. The molecule has 7 heteroatoms. The lowest BCUT2D eigenvalue weighted by Crippen LogP contribution is -2.43. The number of rotatable bonds is 2. The number of nitrogens with zero attached hydrogens (tertiary/aromatic N) is 7. The van der Waals surface area contributed by atoms with Gasteiger partial charge in [-0.3, -0.25) is 0 Å². The van der Waals surface area contributed by atoms with E-state index in [0.717, 1.165) is 26.2 Å². The fourth-order valence-electron chi connectivity index (χ4n) is 1.88. The zero-order valence-electron chi connectivity index (χ0n) is 10.3. The lowest BCUT2D eigenvalue weighted by molar-refractivity contribution is 0.219. The number of hydrogen-bond donors (Lipinski definition) is 0. The maximum atomic E-state index is 4.35. The molecule has 1 saturated heterocycles. The molecule has 0 saturated carbocycles. The maximum Gasteiger partial charge on any atom is 0.273 e. The SMILES string of the molecule is CN1CCN(C=Nc2nnc3cccnn23)CC1. The van der Waals surface area contributed by atoms with Gasteiger partial charge in [-0.25, -0.2) is 4.99 Å². The lowest BCUT2D eigenvalue weighted by atomic mass is 10.3. The smallest absolute Gasteiger partial charge is 0.273 e. The van der Waals surface area contributed by atoms with Crippen molar-refractivity contribution in [2.45, 2.75) is 0 Å². The minimum absolute atomic E-state index is 0.518. The molecule has 0 N–H and O–H groups in total. The standard InChI is InChI=1S/C11H15N7/c1-16-5-7-17(8-6-16)9-12-11-15-14-10-3-2-4-13-18(10)11/h2-4,9H,5-8H2,1H3. The normalized spacial score (nSPS) is 17.9. The van der Waals surface area contributed by atoms with Crippen molar-refractivity contribution in [2.24, 2.45) is 4.99 Å². The summed E-state index contributed by atoms with van der Waals surface area (Å²) < 4.78 is 1.63. The number of hydrogen-bond acceptors (Lipinski definition) is 5. The van der Waals surface area contributed by atoms with Gasteiger partial charge in [0.2, 0.25) is 0 Å². The second-order valence-corrected chi connectivity index (χ2v) is 4.38. The molecule has 0 unspecified atom stereocenters. The van der Waals surface area contributed by atoms with E-state index in [1.54, 1.807) is 10.7 Å². The van der Waals surface area contributed by atoms with Gasteiger partial charge in [0.25, 0.3) is 5.95 Å². The highest BCUT2D eigenvalue weighted by atomic mass is 15.4. The van der Waals surface area contributed by atoms with Crippen molar-refractivity contribution >= 4 is 17.9 Å². The Bertz CT molecular complexity index is 553. The van der Waals surface area contributed by atoms with E-state index >= 15 is 0 Å². The molecule has 0 bridgehead atoms. The molecule has 3 rings (SSSR count). The van der Waals surface area contributed by atoms with Gasteiger partial charge >= 0.3 is 0 Å². The third-order valence-electron chi connectivity index (χ3n) is 3.04. The summed E-state index contributed by atoms with van der Waals surface area (Å²) in [6, 6.07) is 3.69. The van der Waals surface area contributed by atoms with Crippen LogP contribution in [0.4, 0.5) is 5.95 Å². The minimum atomic E-state index is 0.518. The third-order valence-corrected chi connectivity index (χ3v) is 3.04. The summed E-state index contributed by atoms with van der Waals surface area (Å²) in [6.45, 7) is 4.10. The highest BCUT2D eigenvalue weighted by Crippen LogP contribution is 2.08. The Labute approximate surface area is 105 Å². The van der Waals surface area contributed by atoms with Crippen molar-refractivity contribution in [3.8, 4) is 0 Å². The molecule has 3 heterocycles. The summed E-state index contributed by atoms with van der Waals surface area (Å²) >= 11 is 0. The summed E-state index contributed by atoms with van der Waals surface area (Å²) in [6.07, 6.45) is 3.53. The van der Waals surface area contributed by atoms with Crippen LogP contribution in [0, 0.1) is 0 Å². The van der Waals surface area contributed by atoms with E-state index in [1.807, 2.05) is 18.5 Å². The van der Waals surface area contributed by atoms with Crippen LogP contribution < -0.4 is 0 Å². The van der Waals surface area contributed by atoms with Crippen LogP contribution in [0.3, 0.4) is 0 Å². The highest BCUT2D eigenvalue weighted by molar-refractivity contribution is 5.59. The Balaban J connectivity index is 1.76. The van der Waals surface area contributed by atoms with Crippen molar-refractivity contribution in [3.63, 3.8) is 0 Å². The monoisotopic (exact) mass is 245 g/mol. The molecule has 7 nitrogen and oxygen atoms in total. The predicted octanol–water partition coefficient (Wildman–Crippen LogP) is 0.0315. The number of aromatic nitrogens is 4. The van der Waals surface area contributed by atoms with Crippen molar-refractivity contribution in [3.05, 3.63) is 18.3 Å². The molecule has 0 radical (unpaired) electrons. The fraction of sp³-hybridized carbons (Fsp3) is 0.455. The topological polar surface area (TPSA) is 61.9 Å². The van der Waals surface area contributed by atoms with Gasteiger partial charge in [0.05, 0.1) is 6.34 Å². The third kappa shape index (κ3) is 2.17. The van der Waals surface area contributed by atoms with Crippen molar-refractivity contribution in [1.82, 2.24) is 29.6 Å². The second kappa shape index (κ2) is 4.69. The van der Waals surface area contributed by atoms with E-state index in [0.29, 0.717) is 11.6 Å². The zero-order valence-corrected chi connectivity index (χ0v) is 10.3. The van der Waals surface area contributed by atoms with Gasteiger partial charge in [0.15, 0.2) is 5.65 Å². The Hall–Kier alpha value is -2.02. The molecular formula is C11H15N7. The summed E-state index contributed by atoms with van der Waals surface area (Å²) in [4.78, 5) is 8.84. The predicted molar refractivity (Wildman–Crippen MR) is 68.0 cm³/mol. The van der Waals surface area contributed by atoms with Gasteiger partial charge in [0, 0.05) is 32.4 Å². The number of piperazine rings is 1. The molecule has 0 aliphatic carbocycles. The maximum absolute atomic E-state index is 4.35. The summed E-state index contributed by atoms with van der Waals surface area (Å²) in [5.41, 5.74) is 0.711. The number of fused-ring (bicyclic) bond motifs is 1. The molecule has 18 heavy (non-hydrogen) atoms. The number of aliphatic imine (C=N–C) groups is 1. The number of likely N-dealkylation sites (N-methyl/N-ethyl adjacent to an activating group) is 1. The summed E-state index contributed by atoms with van der Waals surface area (Å²) in [5.74, 6) is 0.518. The van der Waals surface area contributed by atoms with E-state index in [-0.39, 0.29) is 0 Å². The van der Waals surface area contributed by atoms with Crippen LogP contribution >= 0.6 is 0 Å². The first kappa shape index (κ1) is 11.1. The highest BCUT2D eigenvalue weighted by Gasteiger charge is 2.11. The molecular weight excluding hydrogens is 230 g/mol. The first-order chi connectivity index (χ1) is 8.83. The molecule has 0 spiro atoms. The Kier molecular flexibility index (Phi) is 2.89. The Morgan fingerprint density at radius 3 is 2.89 bits per heavy atom.